The molecule has 0 nitrogen and oxygen atoms in total. The van der Waals surface area contributed by atoms with Crippen LogP contribution in [0.25, 0.3) is 76.5 Å². The number of hydrogen-bond acceptors (Lipinski definition) is 0. The van der Waals surface area contributed by atoms with Gasteiger partial charge >= 0.3 is 0 Å². The van der Waals surface area contributed by atoms with Crippen molar-refractivity contribution in [1.29, 1.82) is 0 Å². The molecule has 0 aliphatic carbocycles. The van der Waals surface area contributed by atoms with Gasteiger partial charge in [0.05, 0.1) is 0 Å². The summed E-state index contributed by atoms with van der Waals surface area (Å²) in [5, 5.41) is 2.07. The fraction of sp³-hybridized carbons (Fsp3) is 0. The summed E-state index contributed by atoms with van der Waals surface area (Å²) in [5.41, 5.74) is 1.81. The maximum absolute atomic E-state index is 7.01. The van der Waals surface area contributed by atoms with Crippen LogP contribution < -0.4 is 120 Å². The van der Waals surface area contributed by atoms with E-state index in [1.807, 2.05) is 0 Å². The number of fused-ring (bicyclic) bond motifs is 5. The molecule has 0 saturated carbocycles. The molecular formula is C40H4B22. The van der Waals surface area contributed by atoms with Crippen LogP contribution in [0, 0.1) is 0 Å². The molecular weight excluding hydrogens is 718 g/mol. The Balaban J connectivity index is 1.58. The Morgan fingerprint density at radius 3 is 0.694 bits per heavy atom. The van der Waals surface area contributed by atoms with Crippen LogP contribution in [0.5, 0.6) is 0 Å². The van der Waals surface area contributed by atoms with Crippen molar-refractivity contribution in [2.75, 3.05) is 0 Å². The summed E-state index contributed by atoms with van der Waals surface area (Å²) in [5.74, 6) is 0. The molecule has 0 amide bonds. The molecule has 0 fully saturated rings. The summed E-state index contributed by atoms with van der Waals surface area (Å²) < 4.78 is 0. The van der Waals surface area contributed by atoms with E-state index < -0.39 is 0 Å². The first kappa shape index (κ1) is 44.8. The van der Waals surface area contributed by atoms with Crippen LogP contribution >= 0.6 is 0 Å². The lowest BCUT2D eigenvalue weighted by atomic mass is 9.56. The van der Waals surface area contributed by atoms with Gasteiger partial charge in [-0.25, -0.2) is 0 Å². The van der Waals surface area contributed by atoms with E-state index in [2.05, 4.69) is 0 Å². The largest absolute Gasteiger partial charge is 0.115 e. The topological polar surface area (TPSA) is 0 Å². The van der Waals surface area contributed by atoms with Crippen molar-refractivity contribution in [3.63, 3.8) is 0 Å². The number of benzene rings is 8. The molecule has 22 heteroatoms. The summed E-state index contributed by atoms with van der Waals surface area (Å²) in [7, 11) is 145. The minimum absolute atomic E-state index is 0.00170. The molecule has 44 radical (unpaired) electrons. The van der Waals surface area contributed by atoms with E-state index >= 15 is 0 Å². The van der Waals surface area contributed by atoms with E-state index in [0.717, 1.165) is 0 Å². The molecule has 0 saturated heterocycles. The zero-order valence-electron chi connectivity index (χ0n) is 33.0. The molecule has 8 aromatic carbocycles. The summed E-state index contributed by atoms with van der Waals surface area (Å²) in [6.45, 7) is 0. The van der Waals surface area contributed by atoms with Crippen molar-refractivity contribution in [2.24, 2.45) is 0 Å². The Kier molecular flexibility index (Phi) is 11.2. The Morgan fingerprint density at radius 2 is 0.355 bits per heavy atom. The first-order chi connectivity index (χ1) is 29.0. The molecule has 0 heterocycles. The van der Waals surface area contributed by atoms with Crippen LogP contribution in [-0.4, -0.2) is 173 Å². The minimum Gasteiger partial charge on any atom is -0.112 e. The van der Waals surface area contributed by atoms with Crippen LogP contribution in [0.1, 0.15) is 0 Å². The summed E-state index contributed by atoms with van der Waals surface area (Å²) in [4.78, 5) is 0. The van der Waals surface area contributed by atoms with Gasteiger partial charge in [-0.15, -0.1) is 60.1 Å². The molecule has 0 unspecified atom stereocenters. The Bertz CT molecular complexity index is 3300. The lowest BCUT2D eigenvalue weighted by molar-refractivity contribution is 1.68. The van der Waals surface area contributed by atoms with Gasteiger partial charge in [0.15, 0.2) is 0 Å². The maximum Gasteiger partial charge on any atom is 0.115 e. The van der Waals surface area contributed by atoms with Crippen LogP contribution in [-0.2, 0) is 0 Å². The van der Waals surface area contributed by atoms with E-state index in [-0.39, 0.29) is 164 Å². The van der Waals surface area contributed by atoms with Gasteiger partial charge in [0.1, 0.15) is 173 Å². The second kappa shape index (κ2) is 15.4. The smallest absolute Gasteiger partial charge is 0.112 e. The van der Waals surface area contributed by atoms with E-state index in [4.69, 9.17) is 173 Å². The van der Waals surface area contributed by atoms with Crippen molar-refractivity contribution in [1.82, 2.24) is 0 Å². The quantitative estimate of drug-likeness (QED) is 0.0968. The van der Waals surface area contributed by atoms with Crippen molar-refractivity contribution in [3.05, 3.63) is 24.3 Å². The van der Waals surface area contributed by atoms with E-state index in [9.17, 15) is 0 Å². The molecule has 230 valence electrons. The third-order valence-corrected chi connectivity index (χ3v) is 12.1. The molecule has 0 aliphatic heterocycles. The van der Waals surface area contributed by atoms with Crippen molar-refractivity contribution in [3.8, 4) is 33.4 Å². The Hall–Kier alpha value is -3.77. The van der Waals surface area contributed by atoms with E-state index in [1.165, 1.54) is 0 Å². The highest BCUT2D eigenvalue weighted by Crippen LogP contribution is 2.40. The van der Waals surface area contributed by atoms with Crippen molar-refractivity contribution < 1.29 is 0 Å². The van der Waals surface area contributed by atoms with Gasteiger partial charge in [0.25, 0.3) is 0 Å². The lowest BCUT2D eigenvalue weighted by Gasteiger charge is -2.31. The van der Waals surface area contributed by atoms with Gasteiger partial charge in [0.2, 0.25) is 0 Å². The second-order valence-corrected chi connectivity index (χ2v) is 15.2. The SMILES string of the molecule is [B]c1c([B])c([B])c(-c2c3c([B])c([B])c([B])c([B])c3c(-c3ccc(-c4c([B])c5c([B])c([B])c([B])c([B])c5c5c([B])c([B])c([B])c([B])c45)cc3)c3c([B])c([B])c([B])c([B])c23)c([B])c1[B]. The zero-order valence-corrected chi connectivity index (χ0v) is 33.0. The molecule has 0 aromatic heterocycles. The highest BCUT2D eigenvalue weighted by molar-refractivity contribution is 6.76. The number of rotatable bonds is 3. The second-order valence-electron chi connectivity index (χ2n) is 15.2. The van der Waals surface area contributed by atoms with Crippen LogP contribution in [0.3, 0.4) is 0 Å². The molecule has 8 rings (SSSR count). The maximum atomic E-state index is 7.01. The van der Waals surface area contributed by atoms with Gasteiger partial charge in [-0.2, -0.15) is 0 Å². The standard InChI is InChI=1S/C40H4B22/c41-19-8(12-15(25(47)35(57)32(54)22(12)44)16-18(19)29(51)37(59)36(58)26(16)48)6-3-1-5(2-4-6)7-10-13(23(45)33(55)30(52)20(10)42)9(14-11(7)21(43)31(53)34(56)24(14)46)17-27(49)38(60)40(62)39(61)28(17)50/h1-4H. The highest BCUT2D eigenvalue weighted by Gasteiger charge is 2.27. The predicted octanol–water partition coefficient (Wildman–Crippen LogP) is -15.2. The fourth-order valence-corrected chi connectivity index (χ4v) is 8.68. The first-order valence-corrected chi connectivity index (χ1v) is 18.4. The van der Waals surface area contributed by atoms with E-state index in [0.29, 0.717) is 33.0 Å². The van der Waals surface area contributed by atoms with Crippen LogP contribution in [0.4, 0.5) is 0 Å². The summed E-state index contributed by atoms with van der Waals surface area (Å²) >= 11 is 0. The molecule has 62 heavy (non-hydrogen) atoms. The molecule has 0 atom stereocenters. The third kappa shape index (κ3) is 5.92. The zero-order chi connectivity index (χ0) is 45.6. The van der Waals surface area contributed by atoms with Crippen molar-refractivity contribution >= 4 is 336 Å². The fourth-order valence-electron chi connectivity index (χ4n) is 8.68. The van der Waals surface area contributed by atoms with Gasteiger partial charge in [0, 0.05) is 0 Å². The Labute approximate surface area is 391 Å². The highest BCUT2D eigenvalue weighted by atomic mass is 14.3. The number of hydrogen-bond donors (Lipinski definition) is 0. The van der Waals surface area contributed by atoms with Crippen molar-refractivity contribution in [2.45, 2.75) is 0 Å². The average Bonchev–Trinajstić information content (AvgIpc) is 3.26. The molecule has 8 aromatic rings. The van der Waals surface area contributed by atoms with Gasteiger partial charge < -0.3 is 0 Å². The van der Waals surface area contributed by atoms with Gasteiger partial charge in [-0.3, -0.25) is 0 Å². The molecule has 0 N–H and O–H groups in total. The van der Waals surface area contributed by atoms with Gasteiger partial charge in [-0.05, 0) is 76.5 Å². The van der Waals surface area contributed by atoms with Crippen LogP contribution in [0.2, 0.25) is 0 Å². The average molecular weight is 722 g/mol. The minimum atomic E-state index is -0.0690. The lowest BCUT2D eigenvalue weighted by Crippen LogP contribution is -2.55. The molecule has 0 spiro atoms. The van der Waals surface area contributed by atoms with E-state index in [1.54, 1.807) is 24.3 Å². The van der Waals surface area contributed by atoms with Crippen LogP contribution in [0.15, 0.2) is 24.3 Å². The monoisotopic (exact) mass is 726 g/mol. The summed E-state index contributed by atoms with van der Waals surface area (Å²) in [6, 6.07) is 6.94. The first-order valence-electron chi connectivity index (χ1n) is 18.4. The predicted molar refractivity (Wildman–Crippen MR) is 291 cm³/mol. The normalized spacial score (nSPS) is 11.7. The van der Waals surface area contributed by atoms with Gasteiger partial charge in [-0.1, -0.05) is 84.4 Å². The Morgan fingerprint density at radius 1 is 0.145 bits per heavy atom. The summed E-state index contributed by atoms with van der Waals surface area (Å²) in [6.07, 6.45) is 0. The third-order valence-electron chi connectivity index (χ3n) is 12.1. The molecule has 0 bridgehead atoms. The molecule has 0 aliphatic rings.